The van der Waals surface area contributed by atoms with Gasteiger partial charge in [0.2, 0.25) is 0 Å². The second-order valence-corrected chi connectivity index (χ2v) is 12.5. The van der Waals surface area contributed by atoms with E-state index >= 15 is 0 Å². The van der Waals surface area contributed by atoms with E-state index in [9.17, 15) is 0 Å². The molecule has 4 aliphatic rings. The molecule has 46 heavy (non-hydrogen) atoms. The number of fused-ring (bicyclic) bond motifs is 11. The fourth-order valence-corrected chi connectivity index (χ4v) is 8.46. The zero-order valence-corrected chi connectivity index (χ0v) is 26.2. The molecular formula is C39H35N7. The summed E-state index contributed by atoms with van der Waals surface area (Å²) in [6.07, 6.45) is 5.18. The smallest absolute Gasteiger partial charge is 0.162 e. The van der Waals surface area contributed by atoms with Gasteiger partial charge in [-0.1, -0.05) is 98.8 Å². The number of benzene rings is 4. The normalized spacial score (nSPS) is 20.3. The summed E-state index contributed by atoms with van der Waals surface area (Å²) < 4.78 is 0. The van der Waals surface area contributed by atoms with Crippen molar-refractivity contribution in [3.8, 4) is 0 Å². The Morgan fingerprint density at radius 2 is 1.37 bits per heavy atom. The van der Waals surface area contributed by atoms with Crippen molar-refractivity contribution in [3.63, 3.8) is 0 Å². The number of hydrogen-bond donors (Lipinski definition) is 0. The van der Waals surface area contributed by atoms with E-state index in [-0.39, 0.29) is 17.7 Å². The van der Waals surface area contributed by atoms with Crippen molar-refractivity contribution in [2.45, 2.75) is 44.4 Å². The van der Waals surface area contributed by atoms with Gasteiger partial charge >= 0.3 is 0 Å². The Morgan fingerprint density at radius 1 is 0.696 bits per heavy atom. The maximum Gasteiger partial charge on any atom is 0.162 e. The monoisotopic (exact) mass is 601 g/mol. The highest BCUT2D eigenvalue weighted by Gasteiger charge is 2.56. The number of amidine groups is 1. The summed E-state index contributed by atoms with van der Waals surface area (Å²) in [4.78, 5) is 16.7. The first-order valence-corrected chi connectivity index (χ1v) is 16.2. The molecule has 7 heteroatoms. The molecule has 0 saturated heterocycles. The van der Waals surface area contributed by atoms with E-state index in [0.29, 0.717) is 0 Å². The van der Waals surface area contributed by atoms with Crippen LogP contribution < -0.4 is 19.7 Å². The zero-order valence-electron chi connectivity index (χ0n) is 26.2. The van der Waals surface area contributed by atoms with Crippen LogP contribution in [0.1, 0.15) is 43.4 Å². The van der Waals surface area contributed by atoms with Crippen molar-refractivity contribution >= 4 is 40.0 Å². The maximum atomic E-state index is 5.51. The van der Waals surface area contributed by atoms with Crippen molar-refractivity contribution in [2.24, 2.45) is 5.10 Å². The average Bonchev–Trinajstić information content (AvgIpc) is 3.63. The third kappa shape index (κ3) is 3.45. The van der Waals surface area contributed by atoms with Crippen molar-refractivity contribution in [2.75, 3.05) is 26.8 Å². The van der Waals surface area contributed by atoms with Gasteiger partial charge in [0.15, 0.2) is 17.8 Å². The standard InChI is InChI=1S/C39H35N7/c1-4-39(5-2)29-21-13-15-23-31(29)45-36-32(24-40-25-41-36)43(3)37(45)33-34(39)28-20-12-14-22-30(28)46-38(33)44(27-18-10-7-11-19-27)35(42-46)26-16-8-6-9-17-26/h6-25,37-38H,4-5H2,1-3H3. The number of rotatable bonds is 4. The van der Waals surface area contributed by atoms with Gasteiger partial charge in [0.1, 0.15) is 18.2 Å². The Morgan fingerprint density at radius 3 is 2.13 bits per heavy atom. The molecule has 0 N–H and O–H groups in total. The van der Waals surface area contributed by atoms with Crippen LogP contribution in [0.2, 0.25) is 0 Å². The maximum absolute atomic E-state index is 5.51. The molecule has 4 aromatic carbocycles. The predicted molar refractivity (Wildman–Crippen MR) is 187 cm³/mol. The van der Waals surface area contributed by atoms with Crippen LogP contribution in [-0.2, 0) is 5.41 Å². The molecular weight excluding hydrogens is 566 g/mol. The van der Waals surface area contributed by atoms with Crippen LogP contribution in [0.5, 0.6) is 0 Å². The number of hydrazone groups is 1. The number of para-hydroxylation sites is 3. The average molecular weight is 602 g/mol. The Labute approximate surface area is 269 Å². The van der Waals surface area contributed by atoms with Crippen LogP contribution >= 0.6 is 0 Å². The highest BCUT2D eigenvalue weighted by molar-refractivity contribution is 6.14. The molecule has 1 aromatic heterocycles. The van der Waals surface area contributed by atoms with Crippen LogP contribution in [-0.4, -0.2) is 35.2 Å². The van der Waals surface area contributed by atoms with Crippen LogP contribution in [0, 0.1) is 0 Å². The summed E-state index contributed by atoms with van der Waals surface area (Å²) in [5.74, 6) is 1.87. The Bertz CT molecular complexity index is 2030. The number of likely N-dealkylation sites (N-methyl/N-ethyl adjacent to an activating group) is 1. The van der Waals surface area contributed by atoms with E-state index < -0.39 is 0 Å². The summed E-state index contributed by atoms with van der Waals surface area (Å²) in [7, 11) is 2.19. The molecule has 2 unspecified atom stereocenters. The minimum atomic E-state index is -0.246. The first-order valence-electron chi connectivity index (χ1n) is 16.2. The summed E-state index contributed by atoms with van der Waals surface area (Å²) in [5.41, 5.74) is 10.6. The molecule has 0 bridgehead atoms. The first kappa shape index (κ1) is 26.9. The van der Waals surface area contributed by atoms with E-state index in [1.807, 2.05) is 6.20 Å². The van der Waals surface area contributed by atoms with E-state index in [2.05, 4.69) is 155 Å². The van der Waals surface area contributed by atoms with E-state index in [4.69, 9.17) is 10.1 Å². The van der Waals surface area contributed by atoms with Gasteiger partial charge in [0, 0.05) is 40.5 Å². The largest absolute Gasteiger partial charge is 0.346 e. The lowest BCUT2D eigenvalue weighted by Crippen LogP contribution is -2.54. The molecule has 0 amide bonds. The van der Waals surface area contributed by atoms with Crippen LogP contribution in [0.15, 0.2) is 132 Å². The van der Waals surface area contributed by atoms with Crippen molar-refractivity contribution in [1.29, 1.82) is 0 Å². The van der Waals surface area contributed by atoms with Crippen molar-refractivity contribution in [3.05, 3.63) is 144 Å². The Balaban J connectivity index is 1.43. The summed E-state index contributed by atoms with van der Waals surface area (Å²) in [6.45, 7) is 4.71. The van der Waals surface area contributed by atoms with Gasteiger partial charge in [-0.2, -0.15) is 5.10 Å². The first-order chi connectivity index (χ1) is 22.7. The summed E-state index contributed by atoms with van der Waals surface area (Å²) in [5, 5.41) is 7.79. The van der Waals surface area contributed by atoms with Crippen LogP contribution in [0.25, 0.3) is 5.57 Å². The van der Waals surface area contributed by atoms with E-state index in [1.165, 1.54) is 28.0 Å². The molecule has 0 saturated carbocycles. The van der Waals surface area contributed by atoms with Crippen LogP contribution in [0.3, 0.4) is 0 Å². The molecule has 7 nitrogen and oxygen atoms in total. The molecule has 2 atom stereocenters. The van der Waals surface area contributed by atoms with Gasteiger partial charge < -0.3 is 4.90 Å². The highest BCUT2D eigenvalue weighted by atomic mass is 15.6. The van der Waals surface area contributed by atoms with Gasteiger partial charge in [0.25, 0.3) is 0 Å². The number of anilines is 5. The summed E-state index contributed by atoms with van der Waals surface area (Å²) >= 11 is 0. The van der Waals surface area contributed by atoms with Gasteiger partial charge in [-0.15, -0.1) is 0 Å². The van der Waals surface area contributed by atoms with E-state index in [0.717, 1.165) is 47.1 Å². The lowest BCUT2D eigenvalue weighted by atomic mass is 9.65. The minimum absolute atomic E-state index is 0.153. The molecule has 0 spiro atoms. The minimum Gasteiger partial charge on any atom is -0.346 e. The van der Waals surface area contributed by atoms with E-state index in [1.54, 1.807) is 6.33 Å². The number of nitrogens with zero attached hydrogens (tertiary/aromatic N) is 7. The predicted octanol–water partition coefficient (Wildman–Crippen LogP) is 7.94. The second-order valence-electron chi connectivity index (χ2n) is 12.5. The fraction of sp³-hybridized carbons (Fsp3) is 0.205. The highest BCUT2D eigenvalue weighted by Crippen LogP contribution is 2.61. The van der Waals surface area contributed by atoms with Crippen molar-refractivity contribution < 1.29 is 0 Å². The van der Waals surface area contributed by atoms with Gasteiger partial charge in [-0.05, 0) is 48.2 Å². The van der Waals surface area contributed by atoms with Gasteiger partial charge in [0.05, 0.1) is 11.9 Å². The van der Waals surface area contributed by atoms with Crippen LogP contribution in [0.4, 0.5) is 28.6 Å². The lowest BCUT2D eigenvalue weighted by Gasteiger charge is -2.46. The molecule has 5 heterocycles. The molecule has 226 valence electrons. The third-order valence-electron chi connectivity index (χ3n) is 10.5. The molecule has 0 aliphatic carbocycles. The topological polar surface area (TPSA) is 51.1 Å². The third-order valence-corrected chi connectivity index (χ3v) is 10.5. The number of allylic oxidation sites excluding steroid dienone is 1. The fourth-order valence-electron chi connectivity index (χ4n) is 8.46. The number of hydrogen-bond acceptors (Lipinski definition) is 7. The number of aromatic nitrogens is 2. The molecule has 9 rings (SSSR count). The Hall–Kier alpha value is -5.43. The molecule has 4 aliphatic heterocycles. The van der Waals surface area contributed by atoms with Gasteiger partial charge in [-0.3, -0.25) is 9.80 Å². The SMILES string of the molecule is CCC1(CC)C2=C(C3N(N=C(c4ccccc4)N3c3ccccc3)c3ccccc32)C2N(C)c3cncnc3N2c2ccccc21. The lowest BCUT2D eigenvalue weighted by molar-refractivity contribution is 0.508. The quantitative estimate of drug-likeness (QED) is 0.208. The Kier molecular flexibility index (Phi) is 5.88. The summed E-state index contributed by atoms with van der Waals surface area (Å²) in [6, 6.07) is 39.2. The zero-order chi connectivity index (χ0) is 31.0. The second kappa shape index (κ2) is 10.0. The van der Waals surface area contributed by atoms with Gasteiger partial charge in [-0.25, -0.2) is 15.0 Å². The molecule has 0 radical (unpaired) electrons. The molecule has 0 fully saturated rings. The van der Waals surface area contributed by atoms with Crippen molar-refractivity contribution in [1.82, 2.24) is 9.97 Å². The molecule has 5 aromatic rings.